The normalized spacial score (nSPS) is 13.8. The summed E-state index contributed by atoms with van der Waals surface area (Å²) in [5.41, 5.74) is 1.64. The van der Waals surface area contributed by atoms with Crippen LogP contribution in [0.4, 0.5) is 0 Å². The topological polar surface area (TPSA) is 15.3 Å². The summed E-state index contributed by atoms with van der Waals surface area (Å²) in [6.07, 6.45) is 1.14. The molecule has 19 heavy (non-hydrogen) atoms. The highest BCUT2D eigenvalue weighted by Crippen LogP contribution is 2.05. The first-order chi connectivity index (χ1) is 8.87. The Morgan fingerprint density at radius 1 is 1.16 bits per heavy atom. The van der Waals surface area contributed by atoms with Crippen molar-refractivity contribution in [3.8, 4) is 0 Å². The summed E-state index contributed by atoms with van der Waals surface area (Å²) in [6, 6.07) is 10.7. The first-order valence-electron chi connectivity index (χ1n) is 7.34. The van der Waals surface area contributed by atoms with Crippen LogP contribution in [0.15, 0.2) is 30.3 Å². The molecule has 108 valence electrons. The third kappa shape index (κ3) is 8.02. The molecule has 0 bridgehead atoms. The predicted octanol–water partition coefficient (Wildman–Crippen LogP) is 3.19. The molecule has 0 fully saturated rings. The molecular formula is C17H30N2. The maximum atomic E-state index is 3.57. The summed E-state index contributed by atoms with van der Waals surface area (Å²) in [5.74, 6) is 0.681. The third-order valence-electron chi connectivity index (χ3n) is 3.23. The molecule has 1 rings (SSSR count). The van der Waals surface area contributed by atoms with E-state index in [9.17, 15) is 0 Å². The molecule has 0 saturated carbocycles. The van der Waals surface area contributed by atoms with Crippen molar-refractivity contribution in [3.63, 3.8) is 0 Å². The molecule has 1 aromatic carbocycles. The van der Waals surface area contributed by atoms with Crippen LogP contribution in [0.25, 0.3) is 0 Å². The van der Waals surface area contributed by atoms with Gasteiger partial charge in [0.15, 0.2) is 0 Å². The Kier molecular flexibility index (Phi) is 6.53. The molecule has 1 N–H and O–H groups in total. The predicted molar refractivity (Wildman–Crippen MR) is 84.6 cm³/mol. The number of rotatable bonds is 7. The van der Waals surface area contributed by atoms with E-state index in [1.165, 1.54) is 5.56 Å². The molecule has 0 saturated heterocycles. The van der Waals surface area contributed by atoms with Crippen molar-refractivity contribution in [1.29, 1.82) is 0 Å². The summed E-state index contributed by atoms with van der Waals surface area (Å²) in [7, 11) is 2.22. The zero-order valence-electron chi connectivity index (χ0n) is 13.2. The van der Waals surface area contributed by atoms with E-state index in [4.69, 9.17) is 0 Å². The van der Waals surface area contributed by atoms with E-state index in [0.29, 0.717) is 5.92 Å². The molecule has 0 radical (unpaired) electrons. The van der Waals surface area contributed by atoms with Crippen LogP contribution in [-0.2, 0) is 6.42 Å². The molecule has 0 aliphatic carbocycles. The van der Waals surface area contributed by atoms with Crippen molar-refractivity contribution >= 4 is 0 Å². The van der Waals surface area contributed by atoms with Crippen molar-refractivity contribution in [1.82, 2.24) is 10.2 Å². The summed E-state index contributed by atoms with van der Waals surface area (Å²) in [5, 5.41) is 3.57. The molecule has 0 amide bonds. The van der Waals surface area contributed by atoms with Crippen LogP contribution >= 0.6 is 0 Å². The summed E-state index contributed by atoms with van der Waals surface area (Å²) < 4.78 is 0. The second kappa shape index (κ2) is 7.66. The Labute approximate surface area is 119 Å². The van der Waals surface area contributed by atoms with E-state index in [0.717, 1.165) is 26.1 Å². The molecule has 1 unspecified atom stereocenters. The standard InChI is InChI=1S/C17H30N2/c1-15(13-18-17(2,3)4)14-19(5)12-11-16-9-7-6-8-10-16/h6-10,15,18H,11-14H2,1-5H3. The highest BCUT2D eigenvalue weighted by molar-refractivity contribution is 5.14. The van der Waals surface area contributed by atoms with E-state index < -0.39 is 0 Å². The van der Waals surface area contributed by atoms with E-state index >= 15 is 0 Å². The second-order valence-corrected chi connectivity index (χ2v) is 6.73. The summed E-state index contributed by atoms with van der Waals surface area (Å²) in [6.45, 7) is 12.3. The lowest BCUT2D eigenvalue weighted by Gasteiger charge is -2.26. The monoisotopic (exact) mass is 262 g/mol. The Balaban J connectivity index is 2.21. The minimum Gasteiger partial charge on any atom is -0.312 e. The molecule has 1 atom stereocenters. The minimum atomic E-state index is 0.219. The zero-order chi connectivity index (χ0) is 14.3. The Bertz CT molecular complexity index is 340. The maximum absolute atomic E-state index is 3.57. The highest BCUT2D eigenvalue weighted by Gasteiger charge is 2.12. The maximum Gasteiger partial charge on any atom is 0.00966 e. The lowest BCUT2D eigenvalue weighted by atomic mass is 10.1. The Morgan fingerprint density at radius 3 is 2.37 bits per heavy atom. The minimum absolute atomic E-state index is 0.219. The first kappa shape index (κ1) is 16.2. The van der Waals surface area contributed by atoms with Crippen LogP contribution in [-0.4, -0.2) is 37.1 Å². The first-order valence-corrected chi connectivity index (χ1v) is 7.34. The number of nitrogens with one attached hydrogen (secondary N) is 1. The van der Waals surface area contributed by atoms with Crippen LogP contribution < -0.4 is 5.32 Å². The zero-order valence-corrected chi connectivity index (χ0v) is 13.2. The van der Waals surface area contributed by atoms with Crippen LogP contribution in [0.1, 0.15) is 33.3 Å². The van der Waals surface area contributed by atoms with Crippen LogP contribution in [0.2, 0.25) is 0 Å². The molecule has 1 aromatic rings. The molecule has 0 heterocycles. The number of nitrogens with zero attached hydrogens (tertiary/aromatic N) is 1. The van der Waals surface area contributed by atoms with Gasteiger partial charge >= 0.3 is 0 Å². The van der Waals surface area contributed by atoms with Gasteiger partial charge in [-0.15, -0.1) is 0 Å². The van der Waals surface area contributed by atoms with Gasteiger partial charge < -0.3 is 10.2 Å². The van der Waals surface area contributed by atoms with Crippen LogP contribution in [0.5, 0.6) is 0 Å². The van der Waals surface area contributed by atoms with E-state index in [-0.39, 0.29) is 5.54 Å². The molecule has 2 nitrogen and oxygen atoms in total. The highest BCUT2D eigenvalue weighted by atomic mass is 15.1. The second-order valence-electron chi connectivity index (χ2n) is 6.73. The van der Waals surface area contributed by atoms with E-state index in [2.05, 4.69) is 75.3 Å². The van der Waals surface area contributed by atoms with Gasteiger partial charge in [0.2, 0.25) is 0 Å². The fraction of sp³-hybridized carbons (Fsp3) is 0.647. The van der Waals surface area contributed by atoms with Gasteiger partial charge in [-0.25, -0.2) is 0 Å². The van der Waals surface area contributed by atoms with E-state index in [1.54, 1.807) is 0 Å². The molecule has 0 aromatic heterocycles. The van der Waals surface area contributed by atoms with Gasteiger partial charge in [0.05, 0.1) is 0 Å². The van der Waals surface area contributed by atoms with Crippen LogP contribution in [0.3, 0.4) is 0 Å². The molecule has 0 spiro atoms. The van der Waals surface area contributed by atoms with Crippen LogP contribution in [0, 0.1) is 5.92 Å². The van der Waals surface area contributed by atoms with E-state index in [1.807, 2.05) is 0 Å². The smallest absolute Gasteiger partial charge is 0.00966 e. The Hall–Kier alpha value is -0.860. The quantitative estimate of drug-likeness (QED) is 0.812. The van der Waals surface area contributed by atoms with Gasteiger partial charge in [-0.05, 0) is 52.3 Å². The fourth-order valence-corrected chi connectivity index (χ4v) is 2.13. The number of hydrogen-bond acceptors (Lipinski definition) is 2. The Morgan fingerprint density at radius 2 is 1.79 bits per heavy atom. The van der Waals surface area contributed by atoms with Gasteiger partial charge in [-0.3, -0.25) is 0 Å². The number of hydrogen-bond donors (Lipinski definition) is 1. The average Bonchev–Trinajstić information content (AvgIpc) is 2.34. The number of likely N-dealkylation sites (N-methyl/N-ethyl adjacent to an activating group) is 1. The van der Waals surface area contributed by atoms with Crippen molar-refractivity contribution < 1.29 is 0 Å². The van der Waals surface area contributed by atoms with Gasteiger partial charge in [0.25, 0.3) is 0 Å². The van der Waals surface area contributed by atoms with Crippen molar-refractivity contribution in [2.75, 3.05) is 26.7 Å². The number of benzene rings is 1. The van der Waals surface area contributed by atoms with Crippen molar-refractivity contribution in [2.45, 2.75) is 39.7 Å². The van der Waals surface area contributed by atoms with Crippen molar-refractivity contribution in [2.24, 2.45) is 5.92 Å². The fourth-order valence-electron chi connectivity index (χ4n) is 2.13. The van der Waals surface area contributed by atoms with Gasteiger partial charge in [0.1, 0.15) is 0 Å². The molecule has 0 aliphatic heterocycles. The summed E-state index contributed by atoms with van der Waals surface area (Å²) in [4.78, 5) is 2.43. The van der Waals surface area contributed by atoms with Crippen molar-refractivity contribution in [3.05, 3.63) is 35.9 Å². The summed E-state index contributed by atoms with van der Waals surface area (Å²) >= 11 is 0. The lowest BCUT2D eigenvalue weighted by molar-refractivity contribution is 0.270. The molecule has 0 aliphatic rings. The SMILES string of the molecule is CC(CNC(C)(C)C)CN(C)CCc1ccccc1. The van der Waals surface area contributed by atoms with Gasteiger partial charge in [0, 0.05) is 18.6 Å². The lowest BCUT2D eigenvalue weighted by Crippen LogP contribution is -2.41. The molecular weight excluding hydrogens is 232 g/mol. The third-order valence-corrected chi connectivity index (χ3v) is 3.23. The largest absolute Gasteiger partial charge is 0.312 e. The van der Waals surface area contributed by atoms with Gasteiger partial charge in [-0.2, -0.15) is 0 Å². The van der Waals surface area contributed by atoms with Gasteiger partial charge in [-0.1, -0.05) is 37.3 Å². The average molecular weight is 262 g/mol. The molecule has 2 heteroatoms.